The minimum absolute atomic E-state index is 0.00715. The number of allylic oxidation sites excluding steroid dienone is 5. The first kappa shape index (κ1) is 23.4. The van der Waals surface area contributed by atoms with Crippen molar-refractivity contribution in [3.63, 3.8) is 0 Å². The Kier molecular flexibility index (Phi) is 8.40. The summed E-state index contributed by atoms with van der Waals surface area (Å²) in [6.45, 7) is 19.4. The molecule has 4 nitrogen and oxygen atoms in total. The molecule has 30 heavy (non-hydrogen) atoms. The molecule has 1 atom stereocenters. The number of ether oxygens (including phenoxy) is 1. The van der Waals surface area contributed by atoms with Gasteiger partial charge in [0.05, 0.1) is 11.9 Å². The van der Waals surface area contributed by atoms with Gasteiger partial charge in [0.15, 0.2) is 0 Å². The molecule has 0 N–H and O–H groups in total. The zero-order chi connectivity index (χ0) is 22.1. The molecule has 4 heteroatoms. The molecule has 0 spiro atoms. The highest BCUT2D eigenvalue weighted by molar-refractivity contribution is 5.87. The summed E-state index contributed by atoms with van der Waals surface area (Å²) in [4.78, 5) is 18.3. The van der Waals surface area contributed by atoms with Gasteiger partial charge in [0.1, 0.15) is 11.5 Å². The summed E-state index contributed by atoms with van der Waals surface area (Å²) >= 11 is 0. The molecular formula is C26H34N2O2. The summed E-state index contributed by atoms with van der Waals surface area (Å²) < 4.78 is 6.08. The van der Waals surface area contributed by atoms with Crippen LogP contribution in [0.4, 0.5) is 0 Å². The molecule has 1 saturated heterocycles. The van der Waals surface area contributed by atoms with Gasteiger partial charge in [-0.05, 0) is 55.9 Å². The first-order valence-corrected chi connectivity index (χ1v) is 10.6. The van der Waals surface area contributed by atoms with E-state index in [-0.39, 0.29) is 11.3 Å². The molecule has 0 aromatic carbocycles. The number of nitrogens with zero attached hydrogens (tertiary/aromatic N) is 2. The molecule has 2 heterocycles. The van der Waals surface area contributed by atoms with Gasteiger partial charge in [-0.15, -0.1) is 6.58 Å². The van der Waals surface area contributed by atoms with Crippen molar-refractivity contribution in [3.8, 4) is 5.75 Å². The quantitative estimate of drug-likeness (QED) is 0.227. The van der Waals surface area contributed by atoms with E-state index in [2.05, 4.69) is 44.6 Å². The van der Waals surface area contributed by atoms with Gasteiger partial charge in [-0.1, -0.05) is 51.3 Å². The van der Waals surface area contributed by atoms with Gasteiger partial charge in [0.25, 0.3) is 0 Å². The van der Waals surface area contributed by atoms with E-state index >= 15 is 0 Å². The van der Waals surface area contributed by atoms with Gasteiger partial charge in [0.2, 0.25) is 5.91 Å². The third-order valence-electron chi connectivity index (χ3n) is 5.96. The van der Waals surface area contributed by atoms with E-state index in [1.165, 1.54) is 6.08 Å². The molecule has 0 aliphatic carbocycles. The zero-order valence-electron chi connectivity index (χ0n) is 18.6. The number of likely N-dealkylation sites (tertiary alicyclic amines) is 1. The monoisotopic (exact) mass is 406 g/mol. The Hall–Kier alpha value is -2.88. The summed E-state index contributed by atoms with van der Waals surface area (Å²) in [5.41, 5.74) is 1.89. The number of piperidine rings is 1. The van der Waals surface area contributed by atoms with Crippen LogP contribution in [-0.2, 0) is 10.2 Å². The molecule has 2 rings (SSSR count). The van der Waals surface area contributed by atoms with Gasteiger partial charge < -0.3 is 9.64 Å². The van der Waals surface area contributed by atoms with Gasteiger partial charge in [0, 0.05) is 18.5 Å². The van der Waals surface area contributed by atoms with Crippen LogP contribution < -0.4 is 4.74 Å². The highest BCUT2D eigenvalue weighted by Crippen LogP contribution is 2.32. The molecule has 0 radical (unpaired) electrons. The molecule has 1 aromatic rings. The van der Waals surface area contributed by atoms with Crippen molar-refractivity contribution in [3.05, 3.63) is 85.5 Å². The second-order valence-corrected chi connectivity index (χ2v) is 7.83. The van der Waals surface area contributed by atoms with Crippen molar-refractivity contribution in [2.75, 3.05) is 13.1 Å². The number of carbonyl (C=O) groups is 1. The van der Waals surface area contributed by atoms with E-state index in [9.17, 15) is 4.79 Å². The number of hydrogen-bond acceptors (Lipinski definition) is 3. The normalized spacial score (nSPS) is 17.4. The first-order valence-electron chi connectivity index (χ1n) is 10.6. The molecule has 0 bridgehead atoms. The predicted octanol–water partition coefficient (Wildman–Crippen LogP) is 5.75. The lowest BCUT2D eigenvalue weighted by molar-refractivity contribution is -0.127. The van der Waals surface area contributed by atoms with Crippen molar-refractivity contribution in [2.24, 2.45) is 5.92 Å². The molecule has 1 amide bonds. The van der Waals surface area contributed by atoms with Crippen molar-refractivity contribution in [1.29, 1.82) is 0 Å². The van der Waals surface area contributed by atoms with Crippen LogP contribution in [0.5, 0.6) is 5.75 Å². The average molecular weight is 407 g/mol. The van der Waals surface area contributed by atoms with Crippen LogP contribution in [0.3, 0.4) is 0 Å². The maximum atomic E-state index is 11.9. The molecular weight excluding hydrogens is 372 g/mol. The number of hydrogen-bond donors (Lipinski definition) is 0. The number of carbonyl (C=O) groups excluding carboxylic acids is 1. The third-order valence-corrected chi connectivity index (χ3v) is 5.96. The molecule has 1 unspecified atom stereocenters. The SMILES string of the molecule is C=CC(=O)N1CCC(/C(=C/C=C\C)C(=C)Oc2ccc(C(C)(C=C)CC)nc2)CC1. The lowest BCUT2D eigenvalue weighted by Gasteiger charge is -2.33. The van der Waals surface area contributed by atoms with E-state index in [0.29, 0.717) is 30.5 Å². The molecule has 1 aromatic heterocycles. The molecule has 1 aliphatic rings. The van der Waals surface area contributed by atoms with E-state index in [1.807, 2.05) is 42.2 Å². The lowest BCUT2D eigenvalue weighted by Crippen LogP contribution is -2.38. The lowest BCUT2D eigenvalue weighted by atomic mass is 9.84. The Morgan fingerprint density at radius 3 is 2.53 bits per heavy atom. The Balaban J connectivity index is 2.12. The molecule has 1 aliphatic heterocycles. The maximum Gasteiger partial charge on any atom is 0.245 e. The van der Waals surface area contributed by atoms with Crippen LogP contribution >= 0.6 is 0 Å². The molecule has 0 saturated carbocycles. The van der Waals surface area contributed by atoms with Gasteiger partial charge in [-0.2, -0.15) is 0 Å². The van der Waals surface area contributed by atoms with Gasteiger partial charge in [-0.3, -0.25) is 9.78 Å². The van der Waals surface area contributed by atoms with E-state index in [0.717, 1.165) is 30.5 Å². The summed E-state index contributed by atoms with van der Waals surface area (Å²) in [7, 11) is 0. The Bertz CT molecular complexity index is 827. The topological polar surface area (TPSA) is 42.4 Å². The minimum Gasteiger partial charge on any atom is -0.456 e. The van der Waals surface area contributed by atoms with Crippen molar-refractivity contribution in [2.45, 2.75) is 45.4 Å². The first-order chi connectivity index (χ1) is 14.4. The van der Waals surface area contributed by atoms with Crippen molar-refractivity contribution < 1.29 is 9.53 Å². The second kappa shape index (κ2) is 10.8. The van der Waals surface area contributed by atoms with E-state index in [4.69, 9.17) is 4.74 Å². The van der Waals surface area contributed by atoms with E-state index in [1.54, 1.807) is 6.20 Å². The summed E-state index contributed by atoms with van der Waals surface area (Å²) in [6.07, 6.45) is 13.8. The Labute approximate surface area is 181 Å². The second-order valence-electron chi connectivity index (χ2n) is 7.83. The van der Waals surface area contributed by atoms with Gasteiger partial charge >= 0.3 is 0 Å². The van der Waals surface area contributed by atoms with E-state index < -0.39 is 0 Å². The minimum atomic E-state index is -0.149. The molecule has 160 valence electrons. The number of aromatic nitrogens is 1. The van der Waals surface area contributed by atoms with Crippen molar-refractivity contribution >= 4 is 5.91 Å². The Morgan fingerprint density at radius 2 is 2.03 bits per heavy atom. The van der Waals surface area contributed by atoms with Crippen LogP contribution in [0.15, 0.2) is 79.8 Å². The standard InChI is InChI=1S/C26H34N2O2/c1-7-11-12-23(21-15-17-28(18-16-21)25(29)8-2)20(5)30-22-13-14-24(27-19-22)26(6,9-3)10-4/h7-9,11-14,19,21H,2-3,5,10,15-18H2,1,4,6H3/b11-7-,23-12+. The number of amides is 1. The summed E-state index contributed by atoms with van der Waals surface area (Å²) in [5, 5.41) is 0. The van der Waals surface area contributed by atoms with Crippen LogP contribution in [0, 0.1) is 5.92 Å². The highest BCUT2D eigenvalue weighted by Gasteiger charge is 2.26. The number of rotatable bonds is 9. The van der Waals surface area contributed by atoms with Crippen LogP contribution in [0.2, 0.25) is 0 Å². The third kappa shape index (κ3) is 5.59. The zero-order valence-corrected chi connectivity index (χ0v) is 18.6. The highest BCUT2D eigenvalue weighted by atomic mass is 16.5. The van der Waals surface area contributed by atoms with Crippen LogP contribution in [0.25, 0.3) is 0 Å². The molecule has 1 fully saturated rings. The fraction of sp³-hybridized carbons (Fsp3) is 0.385. The Morgan fingerprint density at radius 1 is 1.33 bits per heavy atom. The predicted molar refractivity (Wildman–Crippen MR) is 124 cm³/mol. The average Bonchev–Trinajstić information content (AvgIpc) is 2.79. The van der Waals surface area contributed by atoms with Crippen LogP contribution in [-0.4, -0.2) is 28.9 Å². The largest absolute Gasteiger partial charge is 0.456 e. The fourth-order valence-electron chi connectivity index (χ4n) is 3.61. The number of pyridine rings is 1. The summed E-state index contributed by atoms with van der Waals surface area (Å²) in [5.74, 6) is 1.57. The fourth-order valence-corrected chi connectivity index (χ4v) is 3.61. The smallest absolute Gasteiger partial charge is 0.245 e. The maximum absolute atomic E-state index is 11.9. The van der Waals surface area contributed by atoms with Crippen molar-refractivity contribution in [1.82, 2.24) is 9.88 Å². The summed E-state index contributed by atoms with van der Waals surface area (Å²) in [6, 6.07) is 3.92. The van der Waals surface area contributed by atoms with Crippen LogP contribution in [0.1, 0.15) is 45.7 Å². The van der Waals surface area contributed by atoms with Gasteiger partial charge in [-0.25, -0.2) is 0 Å².